The van der Waals surface area contributed by atoms with Gasteiger partial charge in [0.2, 0.25) is 0 Å². The van der Waals surface area contributed by atoms with Crippen LogP contribution in [0.3, 0.4) is 0 Å². The Morgan fingerprint density at radius 2 is 1.00 bits per heavy atom. The lowest BCUT2D eigenvalue weighted by atomic mass is 10.1. The van der Waals surface area contributed by atoms with Gasteiger partial charge >= 0.3 is 11.9 Å². The number of unbranched alkanes of at least 4 members (excludes halogenated alkanes) is 10. The van der Waals surface area contributed by atoms with Gasteiger partial charge in [0.15, 0.2) is 0 Å². The van der Waals surface area contributed by atoms with Gasteiger partial charge in [-0.2, -0.15) is 0 Å². The quantitative estimate of drug-likeness (QED) is 0.0551. The molecular formula is C35H60O6. The van der Waals surface area contributed by atoms with Gasteiger partial charge in [-0.1, -0.05) is 107 Å². The molecule has 0 rings (SSSR count). The summed E-state index contributed by atoms with van der Waals surface area (Å²) in [6, 6.07) is 0. The molecule has 0 aliphatic rings. The minimum Gasteiger partial charge on any atom is -0.463 e. The predicted octanol–water partition coefficient (Wildman–Crippen LogP) is 8.47. The zero-order chi connectivity index (χ0) is 30.2. The third-order valence-electron chi connectivity index (χ3n) is 6.59. The first-order valence-electron chi connectivity index (χ1n) is 16.2. The van der Waals surface area contributed by atoms with Crippen molar-refractivity contribution in [1.29, 1.82) is 0 Å². The third kappa shape index (κ3) is 32.2. The van der Waals surface area contributed by atoms with Crippen LogP contribution in [0.4, 0.5) is 0 Å². The van der Waals surface area contributed by atoms with E-state index in [9.17, 15) is 19.8 Å². The molecule has 0 aromatic heterocycles. The molecule has 0 aromatic carbocycles. The van der Waals surface area contributed by atoms with Gasteiger partial charge in [-0.05, 0) is 64.7 Å². The highest BCUT2D eigenvalue weighted by Gasteiger charge is 2.11. The van der Waals surface area contributed by atoms with Crippen molar-refractivity contribution in [3.63, 3.8) is 0 Å². The van der Waals surface area contributed by atoms with E-state index in [4.69, 9.17) is 9.47 Å². The molecule has 0 aromatic rings. The largest absolute Gasteiger partial charge is 0.463 e. The van der Waals surface area contributed by atoms with Gasteiger partial charge < -0.3 is 19.7 Å². The average molecular weight is 577 g/mol. The first kappa shape index (κ1) is 38.8. The Bertz CT molecular complexity index is 722. The molecule has 0 unspecified atom stereocenters. The lowest BCUT2D eigenvalue weighted by Crippen LogP contribution is -2.25. The van der Waals surface area contributed by atoms with E-state index in [2.05, 4.69) is 55.5 Å². The average Bonchev–Trinajstić information content (AvgIpc) is 2.95. The SMILES string of the molecule is CCCCCCCCCCCC(=O)OC[C@@H](O)COC(=O)CCC/C=C\C/C=C\C/C=C\C/C=C\CCC[C@@H](C)O. The van der Waals surface area contributed by atoms with Crippen LogP contribution in [-0.2, 0) is 19.1 Å². The van der Waals surface area contributed by atoms with Crippen LogP contribution in [0.2, 0.25) is 0 Å². The van der Waals surface area contributed by atoms with E-state index < -0.39 is 6.10 Å². The molecule has 6 heteroatoms. The number of aliphatic hydroxyl groups excluding tert-OH is 2. The van der Waals surface area contributed by atoms with Gasteiger partial charge in [0.25, 0.3) is 0 Å². The van der Waals surface area contributed by atoms with E-state index in [0.717, 1.165) is 64.2 Å². The molecule has 6 nitrogen and oxygen atoms in total. The van der Waals surface area contributed by atoms with Gasteiger partial charge in [0, 0.05) is 12.8 Å². The Kier molecular flexibility index (Phi) is 29.1. The molecule has 0 fully saturated rings. The lowest BCUT2D eigenvalue weighted by molar-refractivity contribution is -0.152. The van der Waals surface area contributed by atoms with Crippen molar-refractivity contribution in [1.82, 2.24) is 0 Å². The molecule has 0 saturated carbocycles. The maximum absolute atomic E-state index is 11.9. The molecule has 2 atom stereocenters. The maximum Gasteiger partial charge on any atom is 0.305 e. The second-order valence-electron chi connectivity index (χ2n) is 10.9. The van der Waals surface area contributed by atoms with Crippen molar-refractivity contribution in [3.8, 4) is 0 Å². The fourth-order valence-electron chi connectivity index (χ4n) is 4.09. The molecule has 0 heterocycles. The third-order valence-corrected chi connectivity index (χ3v) is 6.59. The summed E-state index contributed by atoms with van der Waals surface area (Å²) in [6.45, 7) is 3.75. The monoisotopic (exact) mass is 576 g/mol. The second-order valence-corrected chi connectivity index (χ2v) is 10.9. The summed E-state index contributed by atoms with van der Waals surface area (Å²) in [5, 5.41) is 19.1. The summed E-state index contributed by atoms with van der Waals surface area (Å²) in [5.41, 5.74) is 0. The minimum atomic E-state index is -0.990. The summed E-state index contributed by atoms with van der Waals surface area (Å²) in [6.07, 6.45) is 34.4. The van der Waals surface area contributed by atoms with E-state index in [-0.39, 0.29) is 31.3 Å². The van der Waals surface area contributed by atoms with Gasteiger partial charge in [-0.15, -0.1) is 0 Å². The van der Waals surface area contributed by atoms with E-state index >= 15 is 0 Å². The van der Waals surface area contributed by atoms with Crippen LogP contribution >= 0.6 is 0 Å². The van der Waals surface area contributed by atoms with Gasteiger partial charge in [0.05, 0.1) is 6.10 Å². The van der Waals surface area contributed by atoms with Crippen LogP contribution in [0.15, 0.2) is 48.6 Å². The summed E-state index contributed by atoms with van der Waals surface area (Å²) < 4.78 is 10.2. The Morgan fingerprint density at radius 3 is 1.49 bits per heavy atom. The maximum atomic E-state index is 11.9. The first-order chi connectivity index (χ1) is 20.0. The van der Waals surface area contributed by atoms with E-state index in [1.807, 2.05) is 6.92 Å². The number of hydrogen-bond donors (Lipinski definition) is 2. The number of allylic oxidation sites excluding steroid dienone is 8. The number of carbonyl (C=O) groups is 2. The predicted molar refractivity (Wildman–Crippen MR) is 170 cm³/mol. The van der Waals surface area contributed by atoms with Crippen LogP contribution < -0.4 is 0 Å². The molecule has 236 valence electrons. The number of aliphatic hydroxyl groups is 2. The van der Waals surface area contributed by atoms with Crippen molar-refractivity contribution in [2.75, 3.05) is 13.2 Å². The lowest BCUT2D eigenvalue weighted by Gasteiger charge is -2.12. The fraction of sp³-hybridized carbons (Fsp3) is 0.714. The molecule has 0 aliphatic heterocycles. The van der Waals surface area contributed by atoms with Gasteiger partial charge in [0.1, 0.15) is 19.3 Å². The molecule has 0 aliphatic carbocycles. The summed E-state index contributed by atoms with van der Waals surface area (Å²) >= 11 is 0. The Morgan fingerprint density at radius 1 is 0.585 bits per heavy atom. The van der Waals surface area contributed by atoms with Crippen LogP contribution in [0.1, 0.15) is 136 Å². The normalized spacial score (nSPS) is 13.6. The molecule has 2 N–H and O–H groups in total. The van der Waals surface area contributed by atoms with Crippen LogP contribution in [-0.4, -0.2) is 47.6 Å². The standard InChI is InChI=1S/C35H60O6/c1-3-4-5-6-7-15-19-22-25-28-34(38)40-30-33(37)31-41-35(39)29-26-23-20-17-14-12-10-8-9-11-13-16-18-21-24-27-32(2)36/h9-12,16-18,20,32-33,36-37H,3-8,13-15,19,21-31H2,1-2H3/b11-9-,12-10-,18-16-,20-17-/t32-,33-/m1/s1. The zero-order valence-electron chi connectivity index (χ0n) is 26.2. The zero-order valence-corrected chi connectivity index (χ0v) is 26.2. The minimum absolute atomic E-state index is 0.141. The number of rotatable bonds is 28. The van der Waals surface area contributed by atoms with Crippen LogP contribution in [0.25, 0.3) is 0 Å². The van der Waals surface area contributed by atoms with Crippen LogP contribution in [0, 0.1) is 0 Å². The molecule has 41 heavy (non-hydrogen) atoms. The highest BCUT2D eigenvalue weighted by Crippen LogP contribution is 2.11. The molecule has 0 bridgehead atoms. The highest BCUT2D eigenvalue weighted by atomic mass is 16.6. The summed E-state index contributed by atoms with van der Waals surface area (Å²) in [7, 11) is 0. The number of ether oxygens (including phenoxy) is 2. The summed E-state index contributed by atoms with van der Waals surface area (Å²) in [4.78, 5) is 23.7. The highest BCUT2D eigenvalue weighted by molar-refractivity contribution is 5.69. The van der Waals surface area contributed by atoms with Crippen molar-refractivity contribution in [3.05, 3.63) is 48.6 Å². The van der Waals surface area contributed by atoms with Crippen molar-refractivity contribution < 1.29 is 29.3 Å². The first-order valence-corrected chi connectivity index (χ1v) is 16.2. The van der Waals surface area contributed by atoms with Gasteiger partial charge in [-0.25, -0.2) is 0 Å². The van der Waals surface area contributed by atoms with Crippen molar-refractivity contribution in [2.24, 2.45) is 0 Å². The Hall–Kier alpha value is -2.18. The second kappa shape index (κ2) is 30.8. The molecule has 0 saturated heterocycles. The number of esters is 2. The van der Waals surface area contributed by atoms with E-state index in [1.165, 1.54) is 38.5 Å². The van der Waals surface area contributed by atoms with Crippen LogP contribution in [0.5, 0.6) is 0 Å². The van der Waals surface area contributed by atoms with E-state index in [0.29, 0.717) is 19.3 Å². The number of carbonyl (C=O) groups excluding carboxylic acids is 2. The van der Waals surface area contributed by atoms with Gasteiger partial charge in [-0.3, -0.25) is 9.59 Å². The van der Waals surface area contributed by atoms with E-state index in [1.54, 1.807) is 0 Å². The summed E-state index contributed by atoms with van der Waals surface area (Å²) in [5.74, 6) is -0.652. The topological polar surface area (TPSA) is 93.1 Å². The molecule has 0 spiro atoms. The van der Waals surface area contributed by atoms with Crippen molar-refractivity contribution in [2.45, 2.75) is 148 Å². The molecule has 0 radical (unpaired) electrons. The Labute approximate surface area is 251 Å². The number of hydrogen-bond acceptors (Lipinski definition) is 6. The molecule has 0 amide bonds. The fourth-order valence-corrected chi connectivity index (χ4v) is 4.09. The molecular weight excluding hydrogens is 516 g/mol. The Balaban J connectivity index is 3.60. The van der Waals surface area contributed by atoms with Crippen molar-refractivity contribution >= 4 is 11.9 Å². The smallest absolute Gasteiger partial charge is 0.305 e.